The molecule has 2 aromatic carbocycles. The van der Waals surface area contributed by atoms with Crippen LogP contribution in [0.4, 0.5) is 9.59 Å². The summed E-state index contributed by atoms with van der Waals surface area (Å²) in [5, 5.41) is -0.639. The number of carbonyl (C=O) groups is 3. The van der Waals surface area contributed by atoms with E-state index in [2.05, 4.69) is 67.5 Å². The van der Waals surface area contributed by atoms with Crippen LogP contribution in [0.3, 0.4) is 0 Å². The van der Waals surface area contributed by atoms with Gasteiger partial charge in [0.05, 0.1) is 13.2 Å². The van der Waals surface area contributed by atoms with Crippen LogP contribution in [0, 0.1) is 0 Å². The highest BCUT2D eigenvalue weighted by Crippen LogP contribution is 2.15. The highest BCUT2D eigenvalue weighted by Gasteiger charge is 2.27. The molecule has 0 saturated carbocycles. The Morgan fingerprint density at radius 2 is 1.59 bits per heavy atom. The molecule has 208 valence electrons. The summed E-state index contributed by atoms with van der Waals surface area (Å²) >= 11 is 3.10. The first-order chi connectivity index (χ1) is 18.8. The third-order valence-corrected chi connectivity index (χ3v) is 5.79. The minimum atomic E-state index is -0.639. The van der Waals surface area contributed by atoms with Gasteiger partial charge < -0.3 is 15.2 Å². The van der Waals surface area contributed by atoms with Crippen molar-refractivity contribution in [2.24, 2.45) is 5.73 Å². The van der Waals surface area contributed by atoms with Crippen LogP contribution in [0.2, 0.25) is 0 Å². The number of imide groups is 1. The van der Waals surface area contributed by atoms with Crippen LogP contribution >= 0.6 is 12.6 Å². The van der Waals surface area contributed by atoms with Crippen molar-refractivity contribution in [3.63, 3.8) is 0 Å². The molecular formula is C30H37N3O5S. The summed E-state index contributed by atoms with van der Waals surface area (Å²) in [7, 11) is 0. The number of primary amides is 1. The molecule has 3 amide bonds. The van der Waals surface area contributed by atoms with Crippen LogP contribution < -0.4 is 10.5 Å². The zero-order valence-electron chi connectivity index (χ0n) is 22.5. The van der Waals surface area contributed by atoms with E-state index in [-0.39, 0.29) is 18.9 Å². The number of amides is 3. The third-order valence-electron chi connectivity index (χ3n) is 5.79. The van der Waals surface area contributed by atoms with Gasteiger partial charge in [-0.25, -0.2) is 9.69 Å². The molecule has 0 aliphatic carbocycles. The predicted molar refractivity (Wildman–Crippen MR) is 155 cm³/mol. The molecule has 1 saturated heterocycles. The van der Waals surface area contributed by atoms with Crippen LogP contribution in [-0.2, 0) is 35.2 Å². The lowest BCUT2D eigenvalue weighted by Crippen LogP contribution is -2.31. The zero-order valence-corrected chi connectivity index (χ0v) is 23.4. The summed E-state index contributed by atoms with van der Waals surface area (Å²) in [4.78, 5) is 38.1. The van der Waals surface area contributed by atoms with Gasteiger partial charge in [-0.05, 0) is 54.2 Å². The van der Waals surface area contributed by atoms with Gasteiger partial charge in [-0.2, -0.15) is 0 Å². The molecule has 1 aromatic heterocycles. The average molecular weight is 552 g/mol. The van der Waals surface area contributed by atoms with E-state index >= 15 is 0 Å². The van der Waals surface area contributed by atoms with Crippen molar-refractivity contribution in [3.8, 4) is 5.75 Å². The number of rotatable bonds is 9. The maximum absolute atomic E-state index is 12.0. The van der Waals surface area contributed by atoms with E-state index in [1.54, 1.807) is 0 Å². The van der Waals surface area contributed by atoms with Gasteiger partial charge in [0.1, 0.15) is 12.4 Å². The van der Waals surface area contributed by atoms with Gasteiger partial charge in [-0.3, -0.25) is 14.6 Å². The standard InChI is InChI=1S/C21H24N2O4.C8H10.CH3NOS/c1-2-16-3-7-18(22-15-16)11-13-26-19-8-4-17(5-9-19)6-10-20(24)23-12-14-27-21(23)25;1-2-8-6-4-3-5-7-8;2-1(3)4/h3-5,7-9,15H,2,6,10-14H2,1H3;3-7H,2H2,1H3;(H3,2,3,4). The van der Waals surface area contributed by atoms with Crippen molar-refractivity contribution >= 4 is 29.9 Å². The molecule has 8 nitrogen and oxygen atoms in total. The Bertz CT molecular complexity index is 1150. The molecular weight excluding hydrogens is 514 g/mol. The van der Waals surface area contributed by atoms with E-state index in [1.165, 1.54) is 16.0 Å². The van der Waals surface area contributed by atoms with Crippen LogP contribution in [0.5, 0.6) is 5.75 Å². The Balaban J connectivity index is 0.000000368. The predicted octanol–water partition coefficient (Wildman–Crippen LogP) is 5.42. The van der Waals surface area contributed by atoms with Gasteiger partial charge >= 0.3 is 6.09 Å². The number of nitrogens with zero attached hydrogens (tertiary/aromatic N) is 2. The number of pyridine rings is 1. The number of thiol groups is 1. The SMILES string of the molecule is CCc1ccc(CCOc2ccc(CCC(=O)N3CCOC3=O)cc2)nc1.CCc1ccccc1.NC(=O)S. The summed E-state index contributed by atoms with van der Waals surface area (Å²) in [6.07, 6.45) is 5.12. The molecule has 1 aliphatic heterocycles. The molecule has 39 heavy (non-hydrogen) atoms. The Morgan fingerprint density at radius 1 is 0.949 bits per heavy atom. The monoisotopic (exact) mass is 551 g/mol. The molecule has 1 aliphatic rings. The molecule has 0 bridgehead atoms. The molecule has 0 unspecified atom stereocenters. The van der Waals surface area contributed by atoms with E-state index < -0.39 is 11.3 Å². The maximum Gasteiger partial charge on any atom is 0.416 e. The van der Waals surface area contributed by atoms with E-state index in [9.17, 15) is 9.59 Å². The summed E-state index contributed by atoms with van der Waals surface area (Å²) in [5.74, 6) is 0.595. The second-order valence-electron chi connectivity index (χ2n) is 8.59. The van der Waals surface area contributed by atoms with E-state index in [0.717, 1.165) is 36.3 Å². The zero-order chi connectivity index (χ0) is 28.5. The number of carbonyl (C=O) groups excluding carboxylic acids is 3. The van der Waals surface area contributed by atoms with Gasteiger partial charge in [-0.1, -0.05) is 75.0 Å². The lowest BCUT2D eigenvalue weighted by molar-refractivity contribution is -0.127. The van der Waals surface area contributed by atoms with Crippen molar-refractivity contribution in [1.82, 2.24) is 9.88 Å². The van der Waals surface area contributed by atoms with Crippen LogP contribution in [0.15, 0.2) is 72.9 Å². The first-order valence-corrected chi connectivity index (χ1v) is 13.4. The Labute approximate surface area is 235 Å². The number of ether oxygens (including phenoxy) is 2. The number of aromatic nitrogens is 1. The topological polar surface area (TPSA) is 112 Å². The van der Waals surface area contributed by atoms with Crippen molar-refractivity contribution < 1.29 is 23.9 Å². The van der Waals surface area contributed by atoms with E-state index in [0.29, 0.717) is 19.6 Å². The fourth-order valence-corrected chi connectivity index (χ4v) is 3.56. The van der Waals surface area contributed by atoms with E-state index in [1.807, 2.05) is 42.6 Å². The van der Waals surface area contributed by atoms with Gasteiger partial charge in [0.15, 0.2) is 0 Å². The van der Waals surface area contributed by atoms with Crippen molar-refractivity contribution in [2.45, 2.75) is 46.0 Å². The summed E-state index contributed by atoms with van der Waals surface area (Å²) in [5.41, 5.74) is 9.02. The first-order valence-electron chi connectivity index (χ1n) is 13.0. The van der Waals surface area contributed by atoms with E-state index in [4.69, 9.17) is 14.3 Å². The Kier molecular flexibility index (Phi) is 14.2. The van der Waals surface area contributed by atoms with Crippen LogP contribution in [-0.4, -0.2) is 46.9 Å². The van der Waals surface area contributed by atoms with Gasteiger partial charge in [0.2, 0.25) is 5.91 Å². The largest absolute Gasteiger partial charge is 0.493 e. The van der Waals surface area contributed by atoms with Crippen molar-refractivity contribution in [2.75, 3.05) is 19.8 Å². The number of hydrogen-bond donors (Lipinski definition) is 2. The third kappa shape index (κ3) is 12.5. The van der Waals surface area contributed by atoms with Gasteiger partial charge in [-0.15, -0.1) is 0 Å². The summed E-state index contributed by atoms with van der Waals surface area (Å²) in [6, 6.07) is 22.3. The second-order valence-corrected chi connectivity index (χ2v) is 9.03. The second kappa shape index (κ2) is 17.6. The molecule has 3 aromatic rings. The Morgan fingerprint density at radius 3 is 2.10 bits per heavy atom. The summed E-state index contributed by atoms with van der Waals surface area (Å²) in [6.45, 7) is 5.47. The molecule has 9 heteroatoms. The number of cyclic esters (lactones) is 1. The molecule has 0 radical (unpaired) electrons. The lowest BCUT2D eigenvalue weighted by atomic mass is 10.1. The maximum atomic E-state index is 12.0. The molecule has 2 N–H and O–H groups in total. The fraction of sp³-hybridized carbons (Fsp3) is 0.333. The van der Waals surface area contributed by atoms with Crippen molar-refractivity contribution in [1.29, 1.82) is 0 Å². The highest BCUT2D eigenvalue weighted by molar-refractivity contribution is 7.96. The Hall–Kier alpha value is -3.85. The first kappa shape index (κ1) is 31.4. The average Bonchev–Trinajstić information content (AvgIpc) is 3.39. The lowest BCUT2D eigenvalue weighted by Gasteiger charge is -2.11. The highest BCUT2D eigenvalue weighted by atomic mass is 32.1. The number of nitrogens with two attached hydrogens (primary N) is 1. The minimum Gasteiger partial charge on any atom is -0.493 e. The molecule has 0 atom stereocenters. The van der Waals surface area contributed by atoms with Gasteiger partial charge in [0.25, 0.3) is 5.24 Å². The number of hydrogen-bond acceptors (Lipinski definition) is 6. The smallest absolute Gasteiger partial charge is 0.416 e. The summed E-state index contributed by atoms with van der Waals surface area (Å²) < 4.78 is 10.5. The quantitative estimate of drug-likeness (QED) is 0.344. The molecule has 4 rings (SSSR count). The minimum absolute atomic E-state index is 0.195. The van der Waals surface area contributed by atoms with Gasteiger partial charge in [0, 0.05) is 24.7 Å². The molecule has 1 fully saturated rings. The van der Waals surface area contributed by atoms with Crippen molar-refractivity contribution in [3.05, 3.63) is 95.3 Å². The molecule has 0 spiro atoms. The number of aryl methyl sites for hydroxylation is 3. The molecule has 2 heterocycles. The fourth-order valence-electron chi connectivity index (χ4n) is 3.56. The van der Waals surface area contributed by atoms with Crippen LogP contribution in [0.1, 0.15) is 42.7 Å². The normalized spacial score (nSPS) is 11.9. The number of benzene rings is 2. The van der Waals surface area contributed by atoms with Crippen LogP contribution in [0.25, 0.3) is 0 Å².